The average Bonchev–Trinajstić information content (AvgIpc) is 2.41. The molecule has 0 aromatic heterocycles. The number of amides is 2. The van der Waals surface area contributed by atoms with E-state index >= 15 is 0 Å². The summed E-state index contributed by atoms with van der Waals surface area (Å²) in [7, 11) is 1.63. The molecule has 0 fully saturated rings. The largest absolute Gasteiger partial charge is 0.497 e. The van der Waals surface area contributed by atoms with Crippen LogP contribution in [0.2, 0.25) is 0 Å². The van der Waals surface area contributed by atoms with Gasteiger partial charge in [0.25, 0.3) is 0 Å². The van der Waals surface area contributed by atoms with E-state index in [1.165, 1.54) is 6.92 Å². The molecule has 0 aliphatic carbocycles. The van der Waals surface area contributed by atoms with Gasteiger partial charge < -0.3 is 15.0 Å². The fourth-order valence-corrected chi connectivity index (χ4v) is 2.04. The van der Waals surface area contributed by atoms with Crippen LogP contribution in [-0.2, 0) is 16.0 Å². The lowest BCUT2D eigenvalue weighted by atomic mass is 10.1. The lowest BCUT2D eigenvalue weighted by molar-refractivity contribution is -0.134. The van der Waals surface area contributed by atoms with Crippen LogP contribution in [0.15, 0.2) is 24.3 Å². The Kier molecular flexibility index (Phi) is 6.40. The molecule has 22 heavy (non-hydrogen) atoms. The van der Waals surface area contributed by atoms with Crippen LogP contribution in [0.25, 0.3) is 0 Å². The third-order valence-electron chi connectivity index (χ3n) is 3.12. The van der Waals surface area contributed by atoms with Crippen molar-refractivity contribution in [2.75, 3.05) is 20.2 Å². The highest BCUT2D eigenvalue weighted by Gasteiger charge is 2.18. The van der Waals surface area contributed by atoms with Gasteiger partial charge in [-0.1, -0.05) is 12.1 Å². The van der Waals surface area contributed by atoms with Crippen molar-refractivity contribution in [3.63, 3.8) is 0 Å². The van der Waals surface area contributed by atoms with E-state index in [1.54, 1.807) is 12.0 Å². The van der Waals surface area contributed by atoms with Gasteiger partial charge >= 0.3 is 0 Å². The number of carbonyl (C=O) groups is 2. The Morgan fingerprint density at radius 2 is 1.77 bits per heavy atom. The number of nitrogens with one attached hydrogen (secondary N) is 1. The van der Waals surface area contributed by atoms with Crippen LogP contribution in [0.1, 0.15) is 33.3 Å². The maximum atomic E-state index is 11.9. The molecule has 0 heterocycles. The van der Waals surface area contributed by atoms with Crippen LogP contribution < -0.4 is 10.1 Å². The summed E-state index contributed by atoms with van der Waals surface area (Å²) in [6.45, 7) is 7.83. The molecule has 0 unspecified atom stereocenters. The molecule has 122 valence electrons. The number of hydrogen-bond acceptors (Lipinski definition) is 3. The molecule has 1 aromatic carbocycles. The second kappa shape index (κ2) is 7.82. The van der Waals surface area contributed by atoms with Crippen LogP contribution >= 0.6 is 0 Å². The van der Waals surface area contributed by atoms with Crippen LogP contribution in [0.4, 0.5) is 0 Å². The fourth-order valence-electron chi connectivity index (χ4n) is 2.04. The lowest BCUT2D eigenvalue weighted by Crippen LogP contribution is -2.47. The van der Waals surface area contributed by atoms with E-state index in [0.29, 0.717) is 13.0 Å². The summed E-state index contributed by atoms with van der Waals surface area (Å²) in [5, 5.41) is 2.87. The molecular formula is C17H26N2O3. The van der Waals surface area contributed by atoms with Crippen molar-refractivity contribution in [1.82, 2.24) is 10.2 Å². The minimum absolute atomic E-state index is 0.0861. The summed E-state index contributed by atoms with van der Waals surface area (Å²) in [5.74, 6) is 0.562. The first kappa shape index (κ1) is 18.0. The van der Waals surface area contributed by atoms with Gasteiger partial charge in [0, 0.05) is 19.0 Å². The normalized spacial score (nSPS) is 11.0. The second-order valence-electron chi connectivity index (χ2n) is 6.34. The standard InChI is InChI=1S/C17H26N2O3/c1-13(20)19(12-16(21)18-17(2,3)4)11-10-14-6-8-15(22-5)9-7-14/h6-9H,10-12H2,1-5H3,(H,18,21). The van der Waals surface area contributed by atoms with Gasteiger partial charge in [0.05, 0.1) is 13.7 Å². The topological polar surface area (TPSA) is 58.6 Å². The summed E-state index contributed by atoms with van der Waals surface area (Å²) >= 11 is 0. The highest BCUT2D eigenvalue weighted by molar-refractivity contribution is 5.84. The molecule has 0 saturated heterocycles. The van der Waals surface area contributed by atoms with Crippen molar-refractivity contribution in [2.45, 2.75) is 39.7 Å². The Labute approximate surface area is 132 Å². The number of nitrogens with zero attached hydrogens (tertiary/aromatic N) is 1. The highest BCUT2D eigenvalue weighted by Crippen LogP contribution is 2.12. The van der Waals surface area contributed by atoms with Crippen molar-refractivity contribution in [2.24, 2.45) is 0 Å². The Balaban J connectivity index is 2.57. The number of rotatable bonds is 6. The third kappa shape index (κ3) is 6.61. The molecule has 0 atom stereocenters. The Bertz CT molecular complexity index is 504. The van der Waals surface area contributed by atoms with E-state index in [4.69, 9.17) is 4.74 Å². The summed E-state index contributed by atoms with van der Waals surface area (Å²) in [6, 6.07) is 7.71. The Morgan fingerprint density at radius 3 is 2.23 bits per heavy atom. The van der Waals surface area contributed by atoms with E-state index in [9.17, 15) is 9.59 Å². The average molecular weight is 306 g/mol. The molecule has 1 rings (SSSR count). The Morgan fingerprint density at radius 1 is 1.18 bits per heavy atom. The van der Waals surface area contributed by atoms with Gasteiger partial charge in [-0.3, -0.25) is 9.59 Å². The van der Waals surface area contributed by atoms with Crippen molar-refractivity contribution >= 4 is 11.8 Å². The van der Waals surface area contributed by atoms with Gasteiger partial charge in [-0.05, 0) is 44.9 Å². The monoisotopic (exact) mass is 306 g/mol. The first-order valence-electron chi connectivity index (χ1n) is 7.41. The molecule has 0 radical (unpaired) electrons. The SMILES string of the molecule is COc1ccc(CCN(CC(=O)NC(C)(C)C)C(C)=O)cc1. The summed E-state index contributed by atoms with van der Waals surface area (Å²) < 4.78 is 5.11. The van der Waals surface area contributed by atoms with Crippen LogP contribution in [0.3, 0.4) is 0 Å². The molecule has 5 heteroatoms. The predicted molar refractivity (Wildman–Crippen MR) is 86.8 cm³/mol. The summed E-state index contributed by atoms with van der Waals surface area (Å²) in [4.78, 5) is 25.2. The van der Waals surface area contributed by atoms with Gasteiger partial charge in [0.2, 0.25) is 11.8 Å². The molecule has 0 bridgehead atoms. The van der Waals surface area contributed by atoms with E-state index in [-0.39, 0.29) is 23.9 Å². The zero-order chi connectivity index (χ0) is 16.8. The van der Waals surface area contributed by atoms with E-state index in [1.807, 2.05) is 45.0 Å². The van der Waals surface area contributed by atoms with Crippen LogP contribution in [0.5, 0.6) is 5.75 Å². The van der Waals surface area contributed by atoms with Crippen molar-refractivity contribution in [3.05, 3.63) is 29.8 Å². The highest BCUT2D eigenvalue weighted by atomic mass is 16.5. The summed E-state index contributed by atoms with van der Waals surface area (Å²) in [5.41, 5.74) is 0.804. The van der Waals surface area contributed by atoms with Gasteiger partial charge in [0.1, 0.15) is 5.75 Å². The van der Waals surface area contributed by atoms with Crippen molar-refractivity contribution < 1.29 is 14.3 Å². The molecule has 0 aliphatic heterocycles. The minimum Gasteiger partial charge on any atom is -0.497 e. The number of methoxy groups -OCH3 is 1. The third-order valence-corrected chi connectivity index (χ3v) is 3.12. The quantitative estimate of drug-likeness (QED) is 0.874. The molecule has 1 N–H and O–H groups in total. The first-order chi connectivity index (χ1) is 10.2. The van der Waals surface area contributed by atoms with Gasteiger partial charge in [-0.15, -0.1) is 0 Å². The van der Waals surface area contributed by atoms with Crippen molar-refractivity contribution in [1.29, 1.82) is 0 Å². The first-order valence-corrected chi connectivity index (χ1v) is 7.41. The number of ether oxygens (including phenoxy) is 1. The zero-order valence-corrected chi connectivity index (χ0v) is 14.1. The fraction of sp³-hybridized carbons (Fsp3) is 0.529. The van der Waals surface area contributed by atoms with E-state index in [0.717, 1.165) is 11.3 Å². The molecule has 0 saturated carbocycles. The molecule has 5 nitrogen and oxygen atoms in total. The predicted octanol–water partition coefficient (Wildman–Crippen LogP) is 2.00. The smallest absolute Gasteiger partial charge is 0.240 e. The minimum atomic E-state index is -0.296. The second-order valence-corrected chi connectivity index (χ2v) is 6.34. The Hall–Kier alpha value is -2.04. The molecule has 0 spiro atoms. The molecular weight excluding hydrogens is 280 g/mol. The van der Waals surface area contributed by atoms with E-state index in [2.05, 4.69) is 5.32 Å². The van der Waals surface area contributed by atoms with Crippen LogP contribution in [0, 0.1) is 0 Å². The van der Waals surface area contributed by atoms with E-state index < -0.39 is 0 Å². The number of carbonyl (C=O) groups excluding carboxylic acids is 2. The van der Waals surface area contributed by atoms with Crippen LogP contribution in [-0.4, -0.2) is 42.5 Å². The molecule has 2 amide bonds. The van der Waals surface area contributed by atoms with Crippen molar-refractivity contribution in [3.8, 4) is 5.75 Å². The number of hydrogen-bond donors (Lipinski definition) is 1. The maximum Gasteiger partial charge on any atom is 0.240 e. The lowest BCUT2D eigenvalue weighted by Gasteiger charge is -2.25. The maximum absolute atomic E-state index is 11.9. The molecule has 1 aromatic rings. The van der Waals surface area contributed by atoms with Gasteiger partial charge in [0.15, 0.2) is 0 Å². The van der Waals surface area contributed by atoms with Gasteiger partial charge in [-0.25, -0.2) is 0 Å². The zero-order valence-electron chi connectivity index (χ0n) is 14.1. The molecule has 0 aliphatic rings. The van der Waals surface area contributed by atoms with Gasteiger partial charge in [-0.2, -0.15) is 0 Å². The number of benzene rings is 1. The summed E-state index contributed by atoms with van der Waals surface area (Å²) in [6.07, 6.45) is 0.701.